The molecule has 0 aromatic heterocycles. The monoisotopic (exact) mass is 346 g/mol. The number of carbonyl (C=O) groups excluding carboxylic acids is 1. The quantitative estimate of drug-likeness (QED) is 0.706. The van der Waals surface area contributed by atoms with Crippen molar-refractivity contribution in [2.75, 3.05) is 24.5 Å². The first-order valence-electron chi connectivity index (χ1n) is 8.75. The van der Waals surface area contributed by atoms with Gasteiger partial charge < -0.3 is 9.80 Å². The van der Waals surface area contributed by atoms with Gasteiger partial charge in [0.05, 0.1) is 5.69 Å². The Hall–Kier alpha value is -1.58. The molecule has 0 N–H and O–H groups in total. The third kappa shape index (κ3) is 3.90. The lowest BCUT2D eigenvalue weighted by atomic mass is 10.1. The first kappa shape index (κ1) is 18.8. The number of anilines is 1. The summed E-state index contributed by atoms with van der Waals surface area (Å²) in [7, 11) is 0. The van der Waals surface area contributed by atoms with Crippen LogP contribution in [-0.4, -0.2) is 36.5 Å². The molecule has 0 bridgehead atoms. The van der Waals surface area contributed by atoms with E-state index in [4.69, 9.17) is 11.6 Å². The van der Waals surface area contributed by atoms with E-state index in [1.54, 1.807) is 0 Å². The molecule has 0 aliphatic carbocycles. The SMILES string of the molecule is CCC(=O)N(c1ccc(Cl)c2ccccc12)C(C)CN(CC)CC. The van der Waals surface area contributed by atoms with Crippen molar-refractivity contribution in [3.05, 3.63) is 41.4 Å². The fourth-order valence-electron chi connectivity index (χ4n) is 3.18. The first-order chi connectivity index (χ1) is 11.5. The van der Waals surface area contributed by atoms with Crippen LogP contribution in [0.2, 0.25) is 5.02 Å². The molecule has 2 rings (SSSR count). The van der Waals surface area contributed by atoms with Gasteiger partial charge in [0, 0.05) is 34.8 Å². The van der Waals surface area contributed by atoms with Crippen LogP contribution in [0.3, 0.4) is 0 Å². The van der Waals surface area contributed by atoms with Gasteiger partial charge >= 0.3 is 0 Å². The standard InChI is InChI=1S/C20H27ClN2O/c1-5-20(24)23(15(4)14-22(6-2)7-3)19-13-12-18(21)16-10-8-9-11-17(16)19/h8-13,15H,5-7,14H2,1-4H3. The van der Waals surface area contributed by atoms with Crippen LogP contribution in [0.4, 0.5) is 5.69 Å². The highest BCUT2D eigenvalue weighted by Gasteiger charge is 2.24. The molecule has 0 radical (unpaired) electrons. The number of benzene rings is 2. The van der Waals surface area contributed by atoms with Crippen LogP contribution in [0.25, 0.3) is 10.8 Å². The predicted octanol–water partition coefficient (Wildman–Crippen LogP) is 4.97. The largest absolute Gasteiger partial charge is 0.308 e. The fraction of sp³-hybridized carbons (Fsp3) is 0.450. The molecular weight excluding hydrogens is 320 g/mol. The Morgan fingerprint density at radius 1 is 1.04 bits per heavy atom. The molecular formula is C20H27ClN2O. The van der Waals surface area contributed by atoms with E-state index in [9.17, 15) is 4.79 Å². The smallest absolute Gasteiger partial charge is 0.227 e. The lowest BCUT2D eigenvalue weighted by Crippen LogP contribution is -2.45. The molecule has 3 nitrogen and oxygen atoms in total. The summed E-state index contributed by atoms with van der Waals surface area (Å²) in [6.07, 6.45) is 0.486. The van der Waals surface area contributed by atoms with Crippen molar-refractivity contribution in [2.45, 2.75) is 40.2 Å². The summed E-state index contributed by atoms with van der Waals surface area (Å²) in [5.41, 5.74) is 0.946. The minimum atomic E-state index is 0.0990. The minimum Gasteiger partial charge on any atom is -0.308 e. The number of fused-ring (bicyclic) bond motifs is 1. The summed E-state index contributed by atoms with van der Waals surface area (Å²) in [5, 5.41) is 2.73. The number of rotatable bonds is 7. The number of amides is 1. The summed E-state index contributed by atoms with van der Waals surface area (Å²) in [6.45, 7) is 11.2. The minimum absolute atomic E-state index is 0.0990. The van der Waals surface area contributed by atoms with E-state index in [2.05, 4.69) is 25.7 Å². The van der Waals surface area contributed by atoms with Crippen LogP contribution in [0, 0.1) is 0 Å². The van der Waals surface area contributed by atoms with Crippen LogP contribution in [0.1, 0.15) is 34.1 Å². The maximum atomic E-state index is 12.7. The van der Waals surface area contributed by atoms with Gasteiger partial charge in [-0.25, -0.2) is 0 Å². The molecule has 0 spiro atoms. The number of hydrogen-bond acceptors (Lipinski definition) is 2. The predicted molar refractivity (Wildman–Crippen MR) is 104 cm³/mol. The van der Waals surface area contributed by atoms with Crippen LogP contribution in [0.5, 0.6) is 0 Å². The highest BCUT2D eigenvalue weighted by molar-refractivity contribution is 6.36. The molecule has 0 aliphatic rings. The summed E-state index contributed by atoms with van der Waals surface area (Å²) in [4.78, 5) is 17.0. The number of carbonyl (C=O) groups is 1. The van der Waals surface area contributed by atoms with Crippen LogP contribution in [-0.2, 0) is 4.79 Å². The van der Waals surface area contributed by atoms with Crippen molar-refractivity contribution < 1.29 is 4.79 Å². The number of likely N-dealkylation sites (N-methyl/N-ethyl adjacent to an activating group) is 1. The van der Waals surface area contributed by atoms with Gasteiger partial charge in [0.25, 0.3) is 0 Å². The summed E-state index contributed by atoms with van der Waals surface area (Å²) in [6, 6.07) is 12.0. The molecule has 0 heterocycles. The van der Waals surface area contributed by atoms with Crippen LogP contribution < -0.4 is 4.90 Å². The van der Waals surface area contributed by atoms with Gasteiger partial charge in [-0.3, -0.25) is 4.79 Å². The molecule has 2 aromatic rings. The topological polar surface area (TPSA) is 23.6 Å². The number of hydrogen-bond donors (Lipinski definition) is 0. The van der Waals surface area contributed by atoms with Crippen molar-refractivity contribution in [1.82, 2.24) is 4.90 Å². The average molecular weight is 347 g/mol. The van der Waals surface area contributed by atoms with E-state index < -0.39 is 0 Å². The summed E-state index contributed by atoms with van der Waals surface area (Å²) in [5.74, 6) is 0.141. The second-order valence-electron chi connectivity index (χ2n) is 6.06. The second kappa shape index (κ2) is 8.50. The van der Waals surface area contributed by atoms with Crippen molar-refractivity contribution >= 4 is 34.0 Å². The van der Waals surface area contributed by atoms with Gasteiger partial charge in [0.1, 0.15) is 0 Å². The molecule has 1 unspecified atom stereocenters. The highest BCUT2D eigenvalue weighted by atomic mass is 35.5. The summed E-state index contributed by atoms with van der Waals surface area (Å²) >= 11 is 6.34. The molecule has 1 atom stereocenters. The van der Waals surface area contributed by atoms with E-state index in [1.165, 1.54) is 0 Å². The molecule has 24 heavy (non-hydrogen) atoms. The fourth-order valence-corrected chi connectivity index (χ4v) is 3.41. The normalized spacial score (nSPS) is 12.6. The van der Waals surface area contributed by atoms with Crippen molar-refractivity contribution in [3.63, 3.8) is 0 Å². The van der Waals surface area contributed by atoms with E-state index in [1.807, 2.05) is 48.2 Å². The zero-order chi connectivity index (χ0) is 17.7. The molecule has 0 saturated heterocycles. The highest BCUT2D eigenvalue weighted by Crippen LogP contribution is 2.33. The second-order valence-corrected chi connectivity index (χ2v) is 6.47. The number of halogens is 1. The molecule has 130 valence electrons. The van der Waals surface area contributed by atoms with Gasteiger partial charge in [-0.05, 0) is 32.1 Å². The van der Waals surface area contributed by atoms with Gasteiger partial charge in [-0.1, -0.05) is 56.6 Å². The molecule has 2 aromatic carbocycles. The van der Waals surface area contributed by atoms with Gasteiger partial charge in [0.15, 0.2) is 0 Å². The summed E-state index contributed by atoms with van der Waals surface area (Å²) < 4.78 is 0. The van der Waals surface area contributed by atoms with Gasteiger partial charge in [-0.15, -0.1) is 0 Å². The lowest BCUT2D eigenvalue weighted by molar-refractivity contribution is -0.118. The molecule has 0 fully saturated rings. The zero-order valence-electron chi connectivity index (χ0n) is 15.1. The molecule has 0 saturated carbocycles. The van der Waals surface area contributed by atoms with Crippen molar-refractivity contribution in [2.24, 2.45) is 0 Å². The van der Waals surface area contributed by atoms with Crippen molar-refractivity contribution in [3.8, 4) is 0 Å². The van der Waals surface area contributed by atoms with Gasteiger partial charge in [-0.2, -0.15) is 0 Å². The Bertz CT molecular complexity index is 697. The number of nitrogens with zero attached hydrogens (tertiary/aromatic N) is 2. The van der Waals surface area contributed by atoms with Crippen molar-refractivity contribution in [1.29, 1.82) is 0 Å². The van der Waals surface area contributed by atoms with E-state index >= 15 is 0 Å². The van der Waals surface area contributed by atoms with E-state index in [-0.39, 0.29) is 11.9 Å². The average Bonchev–Trinajstić information content (AvgIpc) is 2.61. The molecule has 0 aliphatic heterocycles. The Kier molecular flexibility index (Phi) is 6.64. The molecule has 4 heteroatoms. The Labute approximate surface area is 150 Å². The van der Waals surface area contributed by atoms with Gasteiger partial charge in [0.2, 0.25) is 5.91 Å². The zero-order valence-corrected chi connectivity index (χ0v) is 15.8. The van der Waals surface area contributed by atoms with E-state index in [0.29, 0.717) is 6.42 Å². The maximum Gasteiger partial charge on any atom is 0.227 e. The Morgan fingerprint density at radius 3 is 2.25 bits per heavy atom. The first-order valence-corrected chi connectivity index (χ1v) is 9.12. The van der Waals surface area contributed by atoms with Crippen LogP contribution >= 0.6 is 11.6 Å². The third-order valence-corrected chi connectivity index (χ3v) is 4.87. The Morgan fingerprint density at radius 2 is 1.67 bits per heavy atom. The lowest BCUT2D eigenvalue weighted by Gasteiger charge is -2.33. The Balaban J connectivity index is 2.49. The third-order valence-electron chi connectivity index (χ3n) is 4.54. The van der Waals surface area contributed by atoms with E-state index in [0.717, 1.165) is 41.1 Å². The molecule has 1 amide bonds. The maximum absolute atomic E-state index is 12.7. The van der Waals surface area contributed by atoms with Crippen LogP contribution in [0.15, 0.2) is 36.4 Å².